The fourth-order valence-electron chi connectivity index (χ4n) is 1.98. The minimum absolute atomic E-state index is 0.0126. The molecule has 0 radical (unpaired) electrons. The van der Waals surface area contributed by atoms with Crippen molar-refractivity contribution < 1.29 is 19.4 Å². The molecule has 0 aromatic rings. The highest BCUT2D eigenvalue weighted by Gasteiger charge is 2.34. The number of amides is 1. The van der Waals surface area contributed by atoms with E-state index in [0.29, 0.717) is 32.2 Å². The van der Waals surface area contributed by atoms with E-state index < -0.39 is 6.04 Å². The molecule has 5 nitrogen and oxygen atoms in total. The minimum atomic E-state index is -0.397. The molecule has 1 aliphatic heterocycles. The number of unbranched alkanes of at least 4 members (excludes halogenated alkanes) is 1. The second-order valence-corrected chi connectivity index (χ2v) is 3.95. The van der Waals surface area contributed by atoms with Crippen LogP contribution in [0.1, 0.15) is 32.1 Å². The fourth-order valence-corrected chi connectivity index (χ4v) is 1.98. The van der Waals surface area contributed by atoms with Gasteiger partial charge in [-0.15, -0.1) is 0 Å². The highest BCUT2D eigenvalue weighted by Crippen LogP contribution is 2.19. The molecule has 1 atom stereocenters. The van der Waals surface area contributed by atoms with Crippen LogP contribution in [-0.2, 0) is 14.3 Å². The highest BCUT2D eigenvalue weighted by atomic mass is 16.5. The van der Waals surface area contributed by atoms with Gasteiger partial charge < -0.3 is 14.7 Å². The Kier molecular flexibility index (Phi) is 5.25. The van der Waals surface area contributed by atoms with Gasteiger partial charge in [-0.1, -0.05) is 0 Å². The number of aliphatic hydroxyl groups excluding tert-OH is 1. The van der Waals surface area contributed by atoms with Gasteiger partial charge in [0.25, 0.3) is 0 Å². The van der Waals surface area contributed by atoms with Crippen molar-refractivity contribution in [3.63, 3.8) is 0 Å². The van der Waals surface area contributed by atoms with Crippen LogP contribution in [0.4, 0.5) is 0 Å². The summed E-state index contributed by atoms with van der Waals surface area (Å²) in [6, 6.07) is -0.397. The summed E-state index contributed by atoms with van der Waals surface area (Å²) in [7, 11) is 1.34. The van der Waals surface area contributed by atoms with Crippen LogP contribution in [0, 0.1) is 0 Å². The molecule has 5 heteroatoms. The van der Waals surface area contributed by atoms with Crippen LogP contribution >= 0.6 is 0 Å². The number of rotatable bonds is 5. The Morgan fingerprint density at radius 3 is 2.81 bits per heavy atom. The van der Waals surface area contributed by atoms with Crippen molar-refractivity contribution in [1.82, 2.24) is 4.90 Å². The molecule has 0 aromatic heterocycles. The van der Waals surface area contributed by atoms with Gasteiger partial charge in [0.15, 0.2) is 0 Å². The lowest BCUT2D eigenvalue weighted by atomic mass is 10.2. The number of aliphatic hydroxyl groups is 1. The largest absolute Gasteiger partial charge is 0.467 e. The van der Waals surface area contributed by atoms with E-state index in [0.717, 1.165) is 6.42 Å². The molecule has 1 unspecified atom stereocenters. The Hall–Kier alpha value is -1.10. The van der Waals surface area contributed by atoms with Crippen LogP contribution in [0.15, 0.2) is 0 Å². The first-order valence-corrected chi connectivity index (χ1v) is 5.69. The molecule has 92 valence electrons. The summed E-state index contributed by atoms with van der Waals surface area (Å²) >= 11 is 0. The van der Waals surface area contributed by atoms with Gasteiger partial charge in [0.05, 0.1) is 7.11 Å². The zero-order valence-electron chi connectivity index (χ0n) is 9.65. The first-order chi connectivity index (χ1) is 7.70. The first kappa shape index (κ1) is 13.0. The second-order valence-electron chi connectivity index (χ2n) is 3.95. The highest BCUT2D eigenvalue weighted by molar-refractivity contribution is 5.85. The zero-order valence-corrected chi connectivity index (χ0v) is 9.65. The molecule has 1 heterocycles. The molecular weight excluding hydrogens is 210 g/mol. The molecule has 1 amide bonds. The Morgan fingerprint density at radius 1 is 1.44 bits per heavy atom. The van der Waals surface area contributed by atoms with Gasteiger partial charge >= 0.3 is 5.97 Å². The van der Waals surface area contributed by atoms with E-state index in [9.17, 15) is 9.59 Å². The Labute approximate surface area is 95.4 Å². The number of hydrogen-bond acceptors (Lipinski definition) is 4. The SMILES string of the molecule is COC(=O)C1CCCN1C(=O)CCCCO. The number of carbonyl (C=O) groups excluding carboxylic acids is 2. The third-order valence-electron chi connectivity index (χ3n) is 2.85. The summed E-state index contributed by atoms with van der Waals surface area (Å²) in [6.45, 7) is 0.742. The number of nitrogens with zero attached hydrogens (tertiary/aromatic N) is 1. The first-order valence-electron chi connectivity index (χ1n) is 5.69. The lowest BCUT2D eigenvalue weighted by Gasteiger charge is -2.22. The van der Waals surface area contributed by atoms with E-state index in [-0.39, 0.29) is 18.5 Å². The van der Waals surface area contributed by atoms with Gasteiger partial charge in [-0.3, -0.25) is 4.79 Å². The smallest absolute Gasteiger partial charge is 0.328 e. The molecule has 0 bridgehead atoms. The summed E-state index contributed by atoms with van der Waals surface area (Å²) in [6.07, 6.45) is 3.24. The van der Waals surface area contributed by atoms with Gasteiger partial charge in [-0.25, -0.2) is 4.79 Å². The lowest BCUT2D eigenvalue weighted by molar-refractivity contribution is -0.151. The van der Waals surface area contributed by atoms with Gasteiger partial charge in [-0.05, 0) is 25.7 Å². The quantitative estimate of drug-likeness (QED) is 0.544. The van der Waals surface area contributed by atoms with E-state index >= 15 is 0 Å². The minimum Gasteiger partial charge on any atom is -0.467 e. The van der Waals surface area contributed by atoms with Crippen LogP contribution in [-0.4, -0.2) is 48.2 Å². The van der Waals surface area contributed by atoms with Crippen molar-refractivity contribution >= 4 is 11.9 Å². The molecule has 16 heavy (non-hydrogen) atoms. The summed E-state index contributed by atoms with van der Waals surface area (Å²) < 4.78 is 4.67. The maximum absolute atomic E-state index is 11.8. The average molecular weight is 229 g/mol. The predicted molar refractivity (Wildman–Crippen MR) is 57.7 cm³/mol. The summed E-state index contributed by atoms with van der Waals surface area (Å²) in [5.41, 5.74) is 0. The molecule has 0 saturated carbocycles. The number of ether oxygens (including phenoxy) is 1. The van der Waals surface area contributed by atoms with Crippen molar-refractivity contribution in [3.05, 3.63) is 0 Å². The van der Waals surface area contributed by atoms with Crippen molar-refractivity contribution in [2.45, 2.75) is 38.1 Å². The zero-order chi connectivity index (χ0) is 12.0. The number of hydrogen-bond donors (Lipinski definition) is 1. The topological polar surface area (TPSA) is 66.8 Å². The molecule has 0 spiro atoms. The molecule has 1 rings (SSSR count). The van der Waals surface area contributed by atoms with Crippen LogP contribution in [0.5, 0.6) is 0 Å². The number of methoxy groups -OCH3 is 1. The Morgan fingerprint density at radius 2 is 2.19 bits per heavy atom. The monoisotopic (exact) mass is 229 g/mol. The second kappa shape index (κ2) is 6.48. The van der Waals surface area contributed by atoms with Crippen LogP contribution in [0.25, 0.3) is 0 Å². The third-order valence-corrected chi connectivity index (χ3v) is 2.85. The van der Waals surface area contributed by atoms with Crippen LogP contribution < -0.4 is 0 Å². The van der Waals surface area contributed by atoms with Crippen LogP contribution in [0.2, 0.25) is 0 Å². The molecule has 1 aliphatic rings. The maximum atomic E-state index is 11.8. The lowest BCUT2D eigenvalue weighted by Crippen LogP contribution is -2.40. The summed E-state index contributed by atoms with van der Waals surface area (Å²) in [4.78, 5) is 24.8. The Bertz CT molecular complexity index is 254. The fraction of sp³-hybridized carbons (Fsp3) is 0.818. The van der Waals surface area contributed by atoms with Gasteiger partial charge in [0, 0.05) is 19.6 Å². The summed E-state index contributed by atoms with van der Waals surface area (Å²) in [5.74, 6) is -0.339. The van der Waals surface area contributed by atoms with Crippen molar-refractivity contribution in [2.24, 2.45) is 0 Å². The standard InChI is InChI=1S/C11H19NO4/c1-16-11(15)9-5-4-7-12(9)10(14)6-2-3-8-13/h9,13H,2-8H2,1H3. The molecule has 1 fully saturated rings. The van der Waals surface area contributed by atoms with E-state index in [1.165, 1.54) is 7.11 Å². The number of likely N-dealkylation sites (tertiary alicyclic amines) is 1. The molecule has 0 aromatic carbocycles. The molecular formula is C11H19NO4. The third kappa shape index (κ3) is 3.20. The van der Waals surface area contributed by atoms with Gasteiger partial charge in [-0.2, -0.15) is 0 Å². The van der Waals surface area contributed by atoms with Crippen molar-refractivity contribution in [2.75, 3.05) is 20.3 Å². The molecule has 0 aliphatic carbocycles. The van der Waals surface area contributed by atoms with Gasteiger partial charge in [0.1, 0.15) is 6.04 Å². The number of esters is 1. The normalized spacial score (nSPS) is 19.9. The predicted octanol–water partition coefficient (Wildman–Crippen LogP) is 0.313. The summed E-state index contributed by atoms with van der Waals surface area (Å²) in [5, 5.41) is 8.62. The van der Waals surface area contributed by atoms with E-state index in [1.807, 2.05) is 0 Å². The van der Waals surface area contributed by atoms with E-state index in [4.69, 9.17) is 5.11 Å². The van der Waals surface area contributed by atoms with E-state index in [1.54, 1.807) is 4.90 Å². The van der Waals surface area contributed by atoms with Crippen molar-refractivity contribution in [1.29, 1.82) is 0 Å². The molecule has 1 saturated heterocycles. The average Bonchev–Trinajstić information content (AvgIpc) is 2.77. The number of carbonyl (C=O) groups is 2. The van der Waals surface area contributed by atoms with Crippen molar-refractivity contribution in [3.8, 4) is 0 Å². The van der Waals surface area contributed by atoms with E-state index in [2.05, 4.69) is 4.74 Å². The Balaban J connectivity index is 2.44. The van der Waals surface area contributed by atoms with Crippen LogP contribution in [0.3, 0.4) is 0 Å². The van der Waals surface area contributed by atoms with Gasteiger partial charge in [0.2, 0.25) is 5.91 Å². The maximum Gasteiger partial charge on any atom is 0.328 e. The molecule has 1 N–H and O–H groups in total.